The maximum atomic E-state index is 11.9. The van der Waals surface area contributed by atoms with Crippen molar-refractivity contribution in [3.8, 4) is 0 Å². The second-order valence-electron chi connectivity index (χ2n) is 5.71. The number of carbonyl (C=O) groups is 1. The SMILES string of the molecule is CCn1ncnc1CN1CCC[C@@H](N2CCCC2=O)C1. The van der Waals surface area contributed by atoms with Crippen LogP contribution >= 0.6 is 0 Å². The van der Waals surface area contributed by atoms with Gasteiger partial charge in [-0.25, -0.2) is 9.67 Å². The molecule has 1 atom stereocenters. The Morgan fingerprint density at radius 3 is 3.00 bits per heavy atom. The highest BCUT2D eigenvalue weighted by Gasteiger charge is 2.31. The average Bonchev–Trinajstić information content (AvgIpc) is 3.08. The summed E-state index contributed by atoms with van der Waals surface area (Å²) in [7, 11) is 0. The molecule has 110 valence electrons. The predicted octanol–water partition coefficient (Wildman–Crippen LogP) is 0.885. The Morgan fingerprint density at radius 2 is 2.25 bits per heavy atom. The first-order valence-corrected chi connectivity index (χ1v) is 7.66. The van der Waals surface area contributed by atoms with E-state index in [9.17, 15) is 4.79 Å². The summed E-state index contributed by atoms with van der Waals surface area (Å²) in [6.45, 7) is 6.80. The number of piperidine rings is 1. The van der Waals surface area contributed by atoms with Crippen molar-refractivity contribution in [2.45, 2.75) is 51.7 Å². The maximum absolute atomic E-state index is 11.9. The van der Waals surface area contributed by atoms with E-state index in [1.54, 1.807) is 6.33 Å². The van der Waals surface area contributed by atoms with E-state index in [2.05, 4.69) is 26.8 Å². The lowest BCUT2D eigenvalue weighted by Gasteiger charge is -2.37. The molecule has 3 rings (SSSR count). The first kappa shape index (κ1) is 13.5. The number of nitrogens with zero attached hydrogens (tertiary/aromatic N) is 5. The fraction of sp³-hybridized carbons (Fsp3) is 0.786. The predicted molar refractivity (Wildman–Crippen MR) is 74.9 cm³/mol. The van der Waals surface area contributed by atoms with Crippen molar-refractivity contribution in [1.29, 1.82) is 0 Å². The highest BCUT2D eigenvalue weighted by Crippen LogP contribution is 2.22. The smallest absolute Gasteiger partial charge is 0.222 e. The molecule has 1 amide bonds. The number of amides is 1. The Hall–Kier alpha value is -1.43. The summed E-state index contributed by atoms with van der Waals surface area (Å²) in [6, 6.07) is 0.400. The molecule has 0 unspecified atom stereocenters. The van der Waals surface area contributed by atoms with Crippen LogP contribution in [0.15, 0.2) is 6.33 Å². The highest BCUT2D eigenvalue weighted by molar-refractivity contribution is 5.78. The summed E-state index contributed by atoms with van der Waals surface area (Å²) in [4.78, 5) is 20.7. The molecule has 0 bridgehead atoms. The Bertz CT molecular complexity index is 472. The lowest BCUT2D eigenvalue weighted by molar-refractivity contribution is -0.130. The van der Waals surface area contributed by atoms with E-state index >= 15 is 0 Å². The van der Waals surface area contributed by atoms with Gasteiger partial charge < -0.3 is 4.90 Å². The Kier molecular flexibility index (Phi) is 4.00. The van der Waals surface area contributed by atoms with Gasteiger partial charge in [-0.2, -0.15) is 5.10 Å². The number of rotatable bonds is 4. The minimum atomic E-state index is 0.341. The molecule has 2 fully saturated rings. The molecule has 3 heterocycles. The third-order valence-corrected chi connectivity index (χ3v) is 4.39. The van der Waals surface area contributed by atoms with Gasteiger partial charge in [0.05, 0.1) is 6.54 Å². The molecule has 2 saturated heterocycles. The van der Waals surface area contributed by atoms with Crippen molar-refractivity contribution < 1.29 is 4.79 Å². The zero-order valence-corrected chi connectivity index (χ0v) is 12.2. The van der Waals surface area contributed by atoms with Crippen molar-refractivity contribution in [1.82, 2.24) is 24.6 Å². The molecule has 20 heavy (non-hydrogen) atoms. The molecule has 2 aliphatic rings. The molecule has 1 aromatic rings. The number of likely N-dealkylation sites (tertiary alicyclic amines) is 2. The van der Waals surface area contributed by atoms with Gasteiger partial charge in [-0.3, -0.25) is 9.69 Å². The van der Waals surface area contributed by atoms with Crippen molar-refractivity contribution in [3.63, 3.8) is 0 Å². The zero-order valence-electron chi connectivity index (χ0n) is 12.2. The molecule has 0 radical (unpaired) electrons. The van der Waals surface area contributed by atoms with Gasteiger partial charge in [0.2, 0.25) is 5.91 Å². The van der Waals surface area contributed by atoms with Gasteiger partial charge >= 0.3 is 0 Å². The fourth-order valence-corrected chi connectivity index (χ4v) is 3.36. The van der Waals surface area contributed by atoms with E-state index in [1.165, 1.54) is 0 Å². The molecule has 0 aliphatic carbocycles. The van der Waals surface area contributed by atoms with Crippen molar-refractivity contribution >= 4 is 5.91 Å². The van der Waals surface area contributed by atoms with Crippen LogP contribution in [0, 0.1) is 0 Å². The molecule has 6 heteroatoms. The number of carbonyl (C=O) groups excluding carboxylic acids is 1. The number of aromatic nitrogens is 3. The van der Waals surface area contributed by atoms with Gasteiger partial charge in [0.15, 0.2) is 0 Å². The summed E-state index contributed by atoms with van der Waals surface area (Å²) >= 11 is 0. The second-order valence-corrected chi connectivity index (χ2v) is 5.71. The van der Waals surface area contributed by atoms with Crippen LogP contribution in [0.4, 0.5) is 0 Å². The normalized spacial score (nSPS) is 24.6. The van der Waals surface area contributed by atoms with Crippen LogP contribution in [0.5, 0.6) is 0 Å². The van der Waals surface area contributed by atoms with Crippen molar-refractivity contribution in [2.75, 3.05) is 19.6 Å². The molecule has 2 aliphatic heterocycles. The lowest BCUT2D eigenvalue weighted by Crippen LogP contribution is -2.48. The number of aryl methyl sites for hydroxylation is 1. The van der Waals surface area contributed by atoms with Gasteiger partial charge in [0.25, 0.3) is 0 Å². The summed E-state index contributed by atoms with van der Waals surface area (Å²) in [5.74, 6) is 1.37. The van der Waals surface area contributed by atoms with Gasteiger partial charge in [0, 0.05) is 32.1 Å². The minimum Gasteiger partial charge on any atom is -0.338 e. The zero-order chi connectivity index (χ0) is 13.9. The summed E-state index contributed by atoms with van der Waals surface area (Å²) in [5.41, 5.74) is 0. The molecule has 0 saturated carbocycles. The van der Waals surface area contributed by atoms with Gasteiger partial charge in [0.1, 0.15) is 12.2 Å². The Balaban J connectivity index is 1.62. The number of hydrogen-bond donors (Lipinski definition) is 0. The van der Waals surface area contributed by atoms with Crippen LogP contribution < -0.4 is 0 Å². The van der Waals surface area contributed by atoms with Crippen LogP contribution in [-0.4, -0.2) is 56.1 Å². The minimum absolute atomic E-state index is 0.341. The first-order valence-electron chi connectivity index (χ1n) is 7.66. The van der Waals surface area contributed by atoms with Gasteiger partial charge in [-0.05, 0) is 32.7 Å². The van der Waals surface area contributed by atoms with E-state index < -0.39 is 0 Å². The summed E-state index contributed by atoms with van der Waals surface area (Å²) in [6.07, 6.45) is 5.70. The molecule has 0 N–H and O–H groups in total. The average molecular weight is 277 g/mol. The Morgan fingerprint density at radius 1 is 1.35 bits per heavy atom. The van der Waals surface area contributed by atoms with Gasteiger partial charge in [-0.15, -0.1) is 0 Å². The third-order valence-electron chi connectivity index (χ3n) is 4.39. The largest absolute Gasteiger partial charge is 0.338 e. The molecular formula is C14H23N5O. The molecule has 0 aromatic carbocycles. The quantitative estimate of drug-likeness (QED) is 0.820. The van der Waals surface area contributed by atoms with Crippen LogP contribution in [0.25, 0.3) is 0 Å². The lowest BCUT2D eigenvalue weighted by atomic mass is 10.0. The van der Waals surface area contributed by atoms with Crippen LogP contribution in [0.1, 0.15) is 38.4 Å². The van der Waals surface area contributed by atoms with E-state index in [-0.39, 0.29) is 0 Å². The van der Waals surface area contributed by atoms with Crippen molar-refractivity contribution in [3.05, 3.63) is 12.2 Å². The Labute approximate surface area is 119 Å². The summed E-state index contributed by atoms with van der Waals surface area (Å²) < 4.78 is 1.95. The maximum Gasteiger partial charge on any atom is 0.222 e. The fourth-order valence-electron chi connectivity index (χ4n) is 3.36. The first-order chi connectivity index (χ1) is 9.78. The topological polar surface area (TPSA) is 54.3 Å². The molecular weight excluding hydrogens is 254 g/mol. The van der Waals surface area contributed by atoms with E-state index in [4.69, 9.17) is 0 Å². The molecule has 0 spiro atoms. The van der Waals surface area contributed by atoms with Gasteiger partial charge in [-0.1, -0.05) is 0 Å². The molecule has 6 nitrogen and oxygen atoms in total. The standard InChI is InChI=1S/C14H23N5O/c1-2-19-13(15-11-16-19)10-17-7-3-5-12(9-17)18-8-4-6-14(18)20/h11-12H,2-10H2,1H3/t12-/m1/s1. The van der Waals surface area contributed by atoms with Crippen molar-refractivity contribution in [2.24, 2.45) is 0 Å². The highest BCUT2D eigenvalue weighted by atomic mass is 16.2. The van der Waals surface area contributed by atoms with Crippen LogP contribution in [-0.2, 0) is 17.9 Å². The summed E-state index contributed by atoms with van der Waals surface area (Å²) in [5, 5.41) is 4.22. The monoisotopic (exact) mass is 277 g/mol. The third kappa shape index (κ3) is 2.70. The van der Waals surface area contributed by atoms with E-state index in [0.29, 0.717) is 11.9 Å². The second kappa shape index (κ2) is 5.91. The number of hydrogen-bond acceptors (Lipinski definition) is 4. The molecule has 1 aromatic heterocycles. The van der Waals surface area contributed by atoms with E-state index in [0.717, 1.165) is 64.2 Å². The van der Waals surface area contributed by atoms with Crippen LogP contribution in [0.3, 0.4) is 0 Å². The van der Waals surface area contributed by atoms with E-state index in [1.807, 2.05) is 4.68 Å². The van der Waals surface area contributed by atoms with Crippen LogP contribution in [0.2, 0.25) is 0 Å².